The number of methoxy groups -OCH3 is 2. The summed E-state index contributed by atoms with van der Waals surface area (Å²) in [5.74, 6) is 1.81. The van der Waals surface area contributed by atoms with Crippen LogP contribution in [0.4, 0.5) is 0 Å². The van der Waals surface area contributed by atoms with Crippen molar-refractivity contribution in [2.24, 2.45) is 0 Å². The quantitative estimate of drug-likeness (QED) is 0.307. The molecule has 4 nitrogen and oxygen atoms in total. The second kappa shape index (κ2) is 8.75. The lowest BCUT2D eigenvalue weighted by atomic mass is 9.68. The molecule has 0 atom stereocenters. The van der Waals surface area contributed by atoms with Gasteiger partial charge in [0.2, 0.25) is 5.88 Å². The third-order valence-corrected chi connectivity index (χ3v) is 6.02. The van der Waals surface area contributed by atoms with Crippen molar-refractivity contribution < 1.29 is 9.47 Å². The predicted molar refractivity (Wildman–Crippen MR) is 131 cm³/mol. The molecule has 4 aromatic carbocycles. The first-order valence-corrected chi connectivity index (χ1v) is 10.8. The van der Waals surface area contributed by atoms with Gasteiger partial charge in [-0.05, 0) is 28.8 Å². The van der Waals surface area contributed by atoms with Crippen LogP contribution in [0.2, 0.25) is 0 Å². The molecule has 4 heteroatoms. The van der Waals surface area contributed by atoms with E-state index in [-0.39, 0.29) is 0 Å². The molecule has 0 aliphatic rings. The lowest BCUT2D eigenvalue weighted by Gasteiger charge is -2.34. The lowest BCUT2D eigenvalue weighted by molar-refractivity contribution is 0.390. The second-order valence-electron chi connectivity index (χ2n) is 7.76. The minimum Gasteiger partial charge on any atom is -0.496 e. The van der Waals surface area contributed by atoms with E-state index in [0.29, 0.717) is 17.5 Å². The SMILES string of the molecule is COc1cccc2nc(C(c3ccccc3)(c3ccccc3)c3ccccc3)nc(OC)c12. The van der Waals surface area contributed by atoms with Crippen molar-refractivity contribution in [2.45, 2.75) is 5.41 Å². The van der Waals surface area contributed by atoms with E-state index in [1.54, 1.807) is 14.2 Å². The van der Waals surface area contributed by atoms with Gasteiger partial charge in [0.15, 0.2) is 5.82 Å². The van der Waals surface area contributed by atoms with Gasteiger partial charge in [-0.3, -0.25) is 0 Å². The molecule has 0 saturated carbocycles. The minimum absolute atomic E-state index is 0.486. The van der Waals surface area contributed by atoms with Crippen LogP contribution in [0.25, 0.3) is 10.9 Å². The molecule has 5 rings (SSSR count). The Kier molecular flexibility index (Phi) is 5.49. The van der Waals surface area contributed by atoms with E-state index in [1.807, 2.05) is 36.4 Å². The molecular weight excluding hydrogens is 408 g/mol. The van der Waals surface area contributed by atoms with E-state index in [0.717, 1.165) is 27.6 Å². The summed E-state index contributed by atoms with van der Waals surface area (Å²) in [4.78, 5) is 10.1. The van der Waals surface area contributed by atoms with Gasteiger partial charge in [-0.25, -0.2) is 4.98 Å². The lowest BCUT2D eigenvalue weighted by Crippen LogP contribution is -2.33. The smallest absolute Gasteiger partial charge is 0.228 e. The molecule has 0 fully saturated rings. The van der Waals surface area contributed by atoms with Crippen LogP contribution in [0.1, 0.15) is 22.5 Å². The molecule has 0 N–H and O–H groups in total. The Labute approximate surface area is 193 Å². The summed E-state index contributed by atoms with van der Waals surface area (Å²) in [7, 11) is 3.28. The van der Waals surface area contributed by atoms with Gasteiger partial charge < -0.3 is 9.47 Å². The van der Waals surface area contributed by atoms with Crippen molar-refractivity contribution in [3.05, 3.63) is 132 Å². The van der Waals surface area contributed by atoms with Gasteiger partial charge >= 0.3 is 0 Å². The monoisotopic (exact) mass is 432 g/mol. The number of fused-ring (bicyclic) bond motifs is 1. The summed E-state index contributed by atoms with van der Waals surface area (Å²) in [6.07, 6.45) is 0. The van der Waals surface area contributed by atoms with E-state index in [2.05, 4.69) is 72.8 Å². The molecule has 0 saturated heterocycles. The maximum Gasteiger partial charge on any atom is 0.228 e. The van der Waals surface area contributed by atoms with Crippen molar-refractivity contribution in [2.75, 3.05) is 14.2 Å². The minimum atomic E-state index is -0.742. The van der Waals surface area contributed by atoms with Gasteiger partial charge in [0.25, 0.3) is 0 Å². The molecule has 162 valence electrons. The summed E-state index contributed by atoms with van der Waals surface area (Å²) in [5.41, 5.74) is 3.25. The molecule has 0 aliphatic heterocycles. The highest BCUT2D eigenvalue weighted by molar-refractivity contribution is 5.90. The zero-order chi connectivity index (χ0) is 22.7. The van der Waals surface area contributed by atoms with Crippen molar-refractivity contribution in [1.29, 1.82) is 0 Å². The molecule has 0 radical (unpaired) electrons. The molecule has 0 amide bonds. The first kappa shape index (κ1) is 20.7. The molecule has 0 spiro atoms. The first-order valence-electron chi connectivity index (χ1n) is 10.8. The van der Waals surface area contributed by atoms with E-state index in [1.165, 1.54) is 0 Å². The van der Waals surface area contributed by atoms with Crippen molar-refractivity contribution in [3.63, 3.8) is 0 Å². The highest BCUT2D eigenvalue weighted by Crippen LogP contribution is 2.45. The number of aromatic nitrogens is 2. The van der Waals surface area contributed by atoms with Gasteiger partial charge in [0.1, 0.15) is 16.6 Å². The molecule has 0 bridgehead atoms. The van der Waals surface area contributed by atoms with Crippen molar-refractivity contribution in [3.8, 4) is 11.6 Å². The van der Waals surface area contributed by atoms with Crippen LogP contribution in [-0.4, -0.2) is 24.2 Å². The normalized spacial score (nSPS) is 11.3. The fourth-order valence-electron chi connectivity index (χ4n) is 4.56. The van der Waals surface area contributed by atoms with Gasteiger partial charge in [-0.1, -0.05) is 97.1 Å². The standard InChI is InChI=1S/C29H24N2O2/c1-32-25-20-12-19-24-26(25)27(33-2)31-28(30-24)29(21-13-6-3-7-14-21,22-15-8-4-9-16-22)23-17-10-5-11-18-23/h3-20H,1-2H3. The number of ether oxygens (including phenoxy) is 2. The predicted octanol–water partition coefficient (Wildman–Crippen LogP) is 6.03. The van der Waals surface area contributed by atoms with E-state index in [4.69, 9.17) is 19.4 Å². The first-order chi connectivity index (χ1) is 16.3. The van der Waals surface area contributed by atoms with Crippen molar-refractivity contribution in [1.82, 2.24) is 9.97 Å². The van der Waals surface area contributed by atoms with Gasteiger partial charge in [0, 0.05) is 0 Å². The molecule has 1 heterocycles. The Bertz CT molecular complexity index is 1270. The summed E-state index contributed by atoms with van der Waals surface area (Å²) >= 11 is 0. The second-order valence-corrected chi connectivity index (χ2v) is 7.76. The number of hydrogen-bond donors (Lipinski definition) is 0. The molecule has 5 aromatic rings. The van der Waals surface area contributed by atoms with Crippen LogP contribution in [-0.2, 0) is 5.41 Å². The summed E-state index contributed by atoms with van der Waals surface area (Å²) in [5, 5.41) is 0.759. The number of hydrogen-bond acceptors (Lipinski definition) is 4. The Morgan fingerprint density at radius 3 is 1.52 bits per heavy atom. The molecular formula is C29H24N2O2. The number of nitrogens with zero attached hydrogens (tertiary/aromatic N) is 2. The summed E-state index contributed by atoms with van der Waals surface area (Å²) in [6, 6.07) is 37.0. The fourth-order valence-corrected chi connectivity index (χ4v) is 4.56. The number of benzene rings is 4. The zero-order valence-electron chi connectivity index (χ0n) is 18.6. The Balaban J connectivity index is 1.95. The van der Waals surface area contributed by atoms with E-state index >= 15 is 0 Å². The third-order valence-electron chi connectivity index (χ3n) is 6.02. The molecule has 1 aromatic heterocycles. The van der Waals surface area contributed by atoms with Gasteiger partial charge in [0.05, 0.1) is 19.7 Å². The topological polar surface area (TPSA) is 44.2 Å². The highest BCUT2D eigenvalue weighted by Gasteiger charge is 2.41. The van der Waals surface area contributed by atoms with Gasteiger partial charge in [-0.2, -0.15) is 4.98 Å². The molecule has 33 heavy (non-hydrogen) atoms. The third kappa shape index (κ3) is 3.40. The van der Waals surface area contributed by atoms with Crippen LogP contribution < -0.4 is 9.47 Å². The van der Waals surface area contributed by atoms with Crippen molar-refractivity contribution >= 4 is 10.9 Å². The van der Waals surface area contributed by atoms with Gasteiger partial charge in [-0.15, -0.1) is 0 Å². The molecule has 0 unspecified atom stereocenters. The average molecular weight is 433 g/mol. The highest BCUT2D eigenvalue weighted by atomic mass is 16.5. The van der Waals surface area contributed by atoms with Crippen LogP contribution in [0.3, 0.4) is 0 Å². The Hall–Kier alpha value is -4.18. The van der Waals surface area contributed by atoms with E-state index in [9.17, 15) is 0 Å². The van der Waals surface area contributed by atoms with E-state index < -0.39 is 5.41 Å². The number of rotatable bonds is 6. The summed E-state index contributed by atoms with van der Waals surface area (Å²) < 4.78 is 11.4. The zero-order valence-corrected chi connectivity index (χ0v) is 18.6. The van der Waals surface area contributed by atoms with Crippen LogP contribution >= 0.6 is 0 Å². The summed E-state index contributed by atoms with van der Waals surface area (Å²) in [6.45, 7) is 0. The van der Waals surface area contributed by atoms with Crippen LogP contribution in [0.15, 0.2) is 109 Å². The maximum absolute atomic E-state index is 5.78. The van der Waals surface area contributed by atoms with Crippen LogP contribution in [0, 0.1) is 0 Å². The van der Waals surface area contributed by atoms with Crippen LogP contribution in [0.5, 0.6) is 11.6 Å². The largest absolute Gasteiger partial charge is 0.496 e. The fraction of sp³-hybridized carbons (Fsp3) is 0.103. The Morgan fingerprint density at radius 2 is 1.06 bits per heavy atom. The molecule has 0 aliphatic carbocycles. The average Bonchev–Trinajstić information content (AvgIpc) is 2.90. The maximum atomic E-state index is 5.78. The Morgan fingerprint density at radius 1 is 0.545 bits per heavy atom.